The minimum absolute atomic E-state index is 0.0279. The van der Waals surface area contributed by atoms with Gasteiger partial charge in [-0.3, -0.25) is 19.4 Å². The van der Waals surface area contributed by atoms with Crippen LogP contribution in [0, 0.1) is 0 Å². The minimum atomic E-state index is -0.984. The van der Waals surface area contributed by atoms with E-state index >= 15 is 0 Å². The second kappa shape index (κ2) is 16.2. The smallest absolute Gasteiger partial charge is 0.408 e. The van der Waals surface area contributed by atoms with Crippen LogP contribution in [0.25, 0.3) is 11.1 Å². The quantitative estimate of drug-likeness (QED) is 0.184. The molecule has 11 nitrogen and oxygen atoms in total. The average molecular weight is 706 g/mol. The summed E-state index contributed by atoms with van der Waals surface area (Å²) in [4.78, 5) is 41.9. The number of nitrogens with zero attached hydrogens (tertiary/aromatic N) is 2. The Kier molecular flexibility index (Phi) is 11.0. The zero-order valence-electron chi connectivity index (χ0n) is 28.8. The highest BCUT2D eigenvalue weighted by atomic mass is 16.7. The Hall–Kier alpha value is -4.91. The molecule has 0 aromatic heterocycles. The molecular formula is C41H43N3O8. The zero-order chi connectivity index (χ0) is 36.0. The maximum absolute atomic E-state index is 13.2. The highest BCUT2D eigenvalue weighted by Gasteiger charge is 2.40. The molecule has 52 heavy (non-hydrogen) atoms. The Balaban J connectivity index is 1.03. The third kappa shape index (κ3) is 8.58. The van der Waals surface area contributed by atoms with Crippen molar-refractivity contribution in [2.45, 2.75) is 69.7 Å². The summed E-state index contributed by atoms with van der Waals surface area (Å²) in [5.41, 5.74) is 6.08. The normalized spacial score (nSPS) is 23.6. The number of carbonyl (C=O) groups is 3. The van der Waals surface area contributed by atoms with Crippen LogP contribution in [0.4, 0.5) is 4.79 Å². The molecule has 3 saturated heterocycles. The van der Waals surface area contributed by atoms with Crippen LogP contribution in [-0.4, -0.2) is 75.8 Å². The lowest BCUT2D eigenvalue weighted by molar-refractivity contribution is -0.252. The molecule has 11 heteroatoms. The van der Waals surface area contributed by atoms with Crippen LogP contribution in [0.5, 0.6) is 0 Å². The Bertz CT molecular complexity index is 1870. The Morgan fingerprint density at radius 2 is 1.60 bits per heavy atom. The second-order valence-corrected chi connectivity index (χ2v) is 13.7. The Labute approximate surface area is 302 Å². The SMILES string of the molecule is O=C(NC1CC(=O)N(Cc2cccc(-c3cccc(C4OC(CN5CCC(O)C5)CC(c5ccc(CO)cc5)O4)c3)c2)C1=O)OCc1ccccc1. The van der Waals surface area contributed by atoms with Gasteiger partial charge in [-0.15, -0.1) is 0 Å². The lowest BCUT2D eigenvalue weighted by atomic mass is 9.98. The maximum atomic E-state index is 13.2. The number of β-amino-alcohol motifs (C(OH)–C–C–N with tert-alkyl or cyclic N) is 1. The predicted molar refractivity (Wildman–Crippen MR) is 191 cm³/mol. The summed E-state index contributed by atoms with van der Waals surface area (Å²) >= 11 is 0. The van der Waals surface area contributed by atoms with Crippen molar-refractivity contribution >= 4 is 17.9 Å². The van der Waals surface area contributed by atoms with Crippen molar-refractivity contribution in [3.8, 4) is 11.1 Å². The summed E-state index contributed by atoms with van der Waals surface area (Å²) in [6, 6.07) is 31.6. The van der Waals surface area contributed by atoms with Gasteiger partial charge >= 0.3 is 6.09 Å². The van der Waals surface area contributed by atoms with Crippen molar-refractivity contribution in [1.82, 2.24) is 15.1 Å². The maximum Gasteiger partial charge on any atom is 0.408 e. The second-order valence-electron chi connectivity index (χ2n) is 13.7. The number of alkyl carbamates (subject to hydrolysis) is 1. The summed E-state index contributed by atoms with van der Waals surface area (Å²) in [7, 11) is 0. The standard InChI is InChI=1S/C41H43N3O8/c45-25-27-12-14-30(15-13-27)37-20-35(24-43-17-16-34(46)23-43)51-40(52-37)33-11-5-10-32(19-33)31-9-4-8-29(18-31)22-44-38(47)21-36(39(44)48)42-41(49)50-26-28-6-2-1-3-7-28/h1-15,18-19,34-37,40,45-46H,16-17,20-26H2,(H,42,49). The lowest BCUT2D eigenvalue weighted by Crippen LogP contribution is -2.41. The van der Waals surface area contributed by atoms with Crippen LogP contribution in [0.2, 0.25) is 0 Å². The first-order chi connectivity index (χ1) is 25.3. The minimum Gasteiger partial charge on any atom is -0.445 e. The molecule has 0 spiro atoms. The number of rotatable bonds is 11. The lowest BCUT2D eigenvalue weighted by Gasteiger charge is -2.38. The number of hydrogen-bond donors (Lipinski definition) is 3. The van der Waals surface area contributed by atoms with Crippen LogP contribution in [-0.2, 0) is 43.6 Å². The van der Waals surface area contributed by atoms with Gasteiger partial charge in [-0.1, -0.05) is 91.0 Å². The van der Waals surface area contributed by atoms with E-state index in [9.17, 15) is 24.6 Å². The van der Waals surface area contributed by atoms with E-state index in [1.165, 1.54) is 4.90 Å². The largest absolute Gasteiger partial charge is 0.445 e. The van der Waals surface area contributed by atoms with Crippen LogP contribution >= 0.6 is 0 Å². The molecule has 0 saturated carbocycles. The van der Waals surface area contributed by atoms with Gasteiger partial charge < -0.3 is 29.7 Å². The van der Waals surface area contributed by atoms with Gasteiger partial charge in [0.1, 0.15) is 12.6 Å². The van der Waals surface area contributed by atoms with Gasteiger partial charge in [0.05, 0.1) is 37.9 Å². The third-order valence-electron chi connectivity index (χ3n) is 9.83. The molecule has 0 aliphatic carbocycles. The van der Waals surface area contributed by atoms with E-state index in [-0.39, 0.29) is 50.4 Å². The topological polar surface area (TPSA) is 138 Å². The molecule has 3 N–H and O–H groups in total. The van der Waals surface area contributed by atoms with Crippen molar-refractivity contribution < 1.29 is 38.8 Å². The summed E-state index contributed by atoms with van der Waals surface area (Å²) < 4.78 is 18.4. The number of aliphatic hydroxyl groups excluding tert-OH is 2. The van der Waals surface area contributed by atoms with Crippen molar-refractivity contribution in [2.24, 2.45) is 0 Å². The molecule has 7 rings (SSSR count). The van der Waals surface area contributed by atoms with Gasteiger partial charge in [-0.25, -0.2) is 4.79 Å². The number of hydrogen-bond acceptors (Lipinski definition) is 9. The molecule has 0 bridgehead atoms. The fourth-order valence-electron chi connectivity index (χ4n) is 7.06. The van der Waals surface area contributed by atoms with Crippen LogP contribution in [0.15, 0.2) is 103 Å². The van der Waals surface area contributed by atoms with Crippen LogP contribution < -0.4 is 5.32 Å². The molecule has 0 radical (unpaired) electrons. The van der Waals surface area contributed by atoms with E-state index in [1.54, 1.807) is 0 Å². The van der Waals surface area contributed by atoms with Crippen molar-refractivity contribution in [1.29, 1.82) is 0 Å². The molecule has 3 aliphatic heterocycles. The summed E-state index contributed by atoms with van der Waals surface area (Å²) in [5, 5.41) is 22.2. The summed E-state index contributed by atoms with van der Waals surface area (Å²) in [5.74, 6) is -0.838. The first-order valence-corrected chi connectivity index (χ1v) is 17.7. The monoisotopic (exact) mass is 705 g/mol. The zero-order valence-corrected chi connectivity index (χ0v) is 28.8. The fraction of sp³-hybridized carbons (Fsp3) is 0.341. The molecule has 3 fully saturated rings. The predicted octanol–water partition coefficient (Wildman–Crippen LogP) is 5.01. The van der Waals surface area contributed by atoms with E-state index in [2.05, 4.69) is 10.2 Å². The number of amides is 3. The van der Waals surface area contributed by atoms with Gasteiger partial charge in [0.25, 0.3) is 5.91 Å². The molecule has 5 unspecified atom stereocenters. The first-order valence-electron chi connectivity index (χ1n) is 17.7. The molecule has 270 valence electrons. The first kappa shape index (κ1) is 35.5. The molecule has 3 aliphatic rings. The van der Waals surface area contributed by atoms with Gasteiger partial charge in [-0.05, 0) is 51.9 Å². The van der Waals surface area contributed by atoms with E-state index < -0.39 is 24.3 Å². The van der Waals surface area contributed by atoms with Gasteiger partial charge in [0.2, 0.25) is 5.91 Å². The number of nitrogens with one attached hydrogen (secondary N) is 1. The number of likely N-dealkylation sites (tertiary alicyclic amines) is 2. The van der Waals surface area contributed by atoms with E-state index in [4.69, 9.17) is 14.2 Å². The molecule has 4 aromatic carbocycles. The molecule has 4 aromatic rings. The van der Waals surface area contributed by atoms with E-state index in [0.29, 0.717) is 19.5 Å². The third-order valence-corrected chi connectivity index (χ3v) is 9.83. The molecular weight excluding hydrogens is 662 g/mol. The van der Waals surface area contributed by atoms with Crippen molar-refractivity contribution in [3.05, 3.63) is 131 Å². The van der Waals surface area contributed by atoms with Crippen LogP contribution in [0.3, 0.4) is 0 Å². The molecule has 5 atom stereocenters. The van der Waals surface area contributed by atoms with E-state index in [1.807, 2.05) is 103 Å². The molecule has 3 heterocycles. The van der Waals surface area contributed by atoms with Crippen molar-refractivity contribution in [2.75, 3.05) is 19.6 Å². The number of benzene rings is 4. The number of ether oxygens (including phenoxy) is 3. The molecule has 3 amide bonds. The number of carbonyl (C=O) groups excluding carboxylic acids is 3. The summed E-state index contributed by atoms with van der Waals surface area (Å²) in [6.07, 6.45) is -0.789. The Morgan fingerprint density at radius 3 is 2.35 bits per heavy atom. The Morgan fingerprint density at radius 1 is 0.846 bits per heavy atom. The average Bonchev–Trinajstić information content (AvgIpc) is 3.70. The summed E-state index contributed by atoms with van der Waals surface area (Å²) in [6.45, 7) is 2.23. The highest BCUT2D eigenvalue weighted by molar-refractivity contribution is 6.06. The van der Waals surface area contributed by atoms with Gasteiger partial charge in [-0.2, -0.15) is 0 Å². The van der Waals surface area contributed by atoms with Gasteiger partial charge in [0.15, 0.2) is 6.29 Å². The fourth-order valence-corrected chi connectivity index (χ4v) is 7.06. The number of aliphatic hydroxyl groups is 2. The van der Waals surface area contributed by atoms with Crippen LogP contribution in [0.1, 0.15) is 59.5 Å². The van der Waals surface area contributed by atoms with E-state index in [0.717, 1.165) is 51.9 Å². The van der Waals surface area contributed by atoms with Crippen molar-refractivity contribution in [3.63, 3.8) is 0 Å². The number of imide groups is 1. The highest BCUT2D eigenvalue weighted by Crippen LogP contribution is 2.39. The van der Waals surface area contributed by atoms with Gasteiger partial charge in [0, 0.05) is 31.6 Å².